The highest BCUT2D eigenvalue weighted by Crippen LogP contribution is 2.31. The van der Waals surface area contributed by atoms with E-state index in [1.165, 1.54) is 12.1 Å². The van der Waals surface area contributed by atoms with Gasteiger partial charge in [-0.05, 0) is 52.2 Å². The molecular formula is C16H23N3O5. The molecule has 0 saturated heterocycles. The Morgan fingerprint density at radius 3 is 2.62 bits per heavy atom. The standard InChI is InChI=1S/C16H23N3O5/c1-16(2,3)24-15(21)18-11-5-4-10(8-11)17-13-7-6-12(20)9-14(13)19(22)23/h6-7,9-11,17,20H,4-5,8H2,1-3H3,(H,18,21). The van der Waals surface area contributed by atoms with E-state index in [0.29, 0.717) is 12.1 Å². The molecule has 2 unspecified atom stereocenters. The number of rotatable bonds is 4. The number of ether oxygens (including phenoxy) is 1. The van der Waals surface area contributed by atoms with E-state index >= 15 is 0 Å². The van der Waals surface area contributed by atoms with E-state index in [4.69, 9.17) is 4.74 Å². The highest BCUT2D eigenvalue weighted by molar-refractivity contribution is 5.68. The van der Waals surface area contributed by atoms with E-state index in [-0.39, 0.29) is 23.5 Å². The average Bonchev–Trinajstić information content (AvgIpc) is 2.85. The predicted octanol–water partition coefficient (Wildman–Crippen LogP) is 3.16. The molecule has 0 bridgehead atoms. The first kappa shape index (κ1) is 17.8. The topological polar surface area (TPSA) is 114 Å². The molecule has 0 spiro atoms. The SMILES string of the molecule is CC(C)(C)OC(=O)NC1CCC(Nc2ccc(O)cc2[N+](=O)[O-])C1. The van der Waals surface area contributed by atoms with Crippen LogP contribution in [0.25, 0.3) is 0 Å². The number of nitro groups is 1. The van der Waals surface area contributed by atoms with E-state index in [9.17, 15) is 20.0 Å². The summed E-state index contributed by atoms with van der Waals surface area (Å²) < 4.78 is 5.23. The van der Waals surface area contributed by atoms with Gasteiger partial charge in [0, 0.05) is 12.1 Å². The number of benzene rings is 1. The highest BCUT2D eigenvalue weighted by atomic mass is 16.6. The third-order valence-corrected chi connectivity index (χ3v) is 3.69. The molecule has 8 heteroatoms. The minimum absolute atomic E-state index is 0.00757. The summed E-state index contributed by atoms with van der Waals surface area (Å²) in [5.74, 6) is -0.150. The minimum Gasteiger partial charge on any atom is -0.508 e. The smallest absolute Gasteiger partial charge is 0.407 e. The van der Waals surface area contributed by atoms with Gasteiger partial charge < -0.3 is 20.5 Å². The first-order valence-corrected chi connectivity index (χ1v) is 7.87. The third-order valence-electron chi connectivity index (χ3n) is 3.69. The van der Waals surface area contributed by atoms with Crippen LogP contribution in [0.4, 0.5) is 16.2 Å². The zero-order chi connectivity index (χ0) is 17.9. The van der Waals surface area contributed by atoms with Crippen LogP contribution >= 0.6 is 0 Å². The number of nitrogens with one attached hydrogen (secondary N) is 2. The maximum atomic E-state index is 11.8. The molecule has 2 rings (SSSR count). The van der Waals surface area contributed by atoms with Crippen LogP contribution in [-0.4, -0.2) is 33.8 Å². The summed E-state index contributed by atoms with van der Waals surface area (Å²) in [4.78, 5) is 22.3. The van der Waals surface area contributed by atoms with Crippen molar-refractivity contribution in [3.8, 4) is 5.75 Å². The molecule has 0 heterocycles. The summed E-state index contributed by atoms with van der Waals surface area (Å²) in [6, 6.07) is 3.98. The van der Waals surface area contributed by atoms with Crippen molar-refractivity contribution in [2.45, 2.75) is 57.7 Å². The van der Waals surface area contributed by atoms with Crippen LogP contribution in [0.3, 0.4) is 0 Å². The molecule has 1 aromatic carbocycles. The second-order valence-electron chi connectivity index (χ2n) is 6.96. The lowest BCUT2D eigenvalue weighted by molar-refractivity contribution is -0.384. The van der Waals surface area contributed by atoms with Crippen LogP contribution in [0.2, 0.25) is 0 Å². The number of anilines is 1. The molecule has 0 aromatic heterocycles. The van der Waals surface area contributed by atoms with Gasteiger partial charge in [-0.15, -0.1) is 0 Å². The number of nitrogens with zero attached hydrogens (tertiary/aromatic N) is 1. The molecule has 0 radical (unpaired) electrons. The molecule has 1 amide bonds. The Morgan fingerprint density at radius 2 is 2.00 bits per heavy atom. The Kier molecular flexibility index (Phi) is 5.16. The van der Waals surface area contributed by atoms with E-state index in [2.05, 4.69) is 10.6 Å². The van der Waals surface area contributed by atoms with E-state index in [1.54, 1.807) is 20.8 Å². The van der Waals surface area contributed by atoms with Gasteiger partial charge >= 0.3 is 6.09 Å². The maximum absolute atomic E-state index is 11.8. The second kappa shape index (κ2) is 6.94. The van der Waals surface area contributed by atoms with Gasteiger partial charge in [0.05, 0.1) is 11.0 Å². The molecule has 1 fully saturated rings. The number of hydrogen-bond acceptors (Lipinski definition) is 6. The lowest BCUT2D eigenvalue weighted by Crippen LogP contribution is -2.38. The molecule has 1 saturated carbocycles. The van der Waals surface area contributed by atoms with Crippen molar-refractivity contribution in [3.63, 3.8) is 0 Å². The third kappa shape index (κ3) is 5.00. The van der Waals surface area contributed by atoms with E-state index < -0.39 is 16.6 Å². The largest absolute Gasteiger partial charge is 0.508 e. The summed E-state index contributed by atoms with van der Waals surface area (Å²) in [5, 5.41) is 26.4. The van der Waals surface area contributed by atoms with Crippen molar-refractivity contribution in [1.29, 1.82) is 0 Å². The van der Waals surface area contributed by atoms with Crippen molar-refractivity contribution < 1.29 is 19.6 Å². The first-order valence-electron chi connectivity index (χ1n) is 7.87. The molecule has 132 valence electrons. The van der Waals surface area contributed by atoms with Crippen LogP contribution in [-0.2, 0) is 4.74 Å². The molecule has 3 N–H and O–H groups in total. The number of nitro benzene ring substituents is 1. The number of aromatic hydroxyl groups is 1. The molecule has 1 aliphatic rings. The van der Waals surface area contributed by atoms with Crippen molar-refractivity contribution in [2.75, 3.05) is 5.32 Å². The number of phenols is 1. The van der Waals surface area contributed by atoms with Crippen LogP contribution in [0.5, 0.6) is 5.75 Å². The van der Waals surface area contributed by atoms with E-state index in [1.807, 2.05) is 0 Å². The van der Waals surface area contributed by atoms with E-state index in [0.717, 1.165) is 18.9 Å². The van der Waals surface area contributed by atoms with Gasteiger partial charge in [0.1, 0.15) is 17.0 Å². The fourth-order valence-corrected chi connectivity index (χ4v) is 2.73. The molecule has 24 heavy (non-hydrogen) atoms. The molecule has 1 aromatic rings. The summed E-state index contributed by atoms with van der Waals surface area (Å²) in [6.07, 6.45) is 1.74. The molecule has 0 aliphatic heterocycles. The lowest BCUT2D eigenvalue weighted by Gasteiger charge is -2.22. The molecule has 2 atom stereocenters. The normalized spacial score (nSPS) is 20.5. The summed E-state index contributed by atoms with van der Waals surface area (Å²) >= 11 is 0. The Morgan fingerprint density at radius 1 is 1.33 bits per heavy atom. The number of carbonyl (C=O) groups excluding carboxylic acids is 1. The number of phenolic OH excluding ortho intramolecular Hbond substituents is 1. The zero-order valence-electron chi connectivity index (χ0n) is 14.0. The minimum atomic E-state index is -0.549. The van der Waals surface area contributed by atoms with Gasteiger partial charge in [0.2, 0.25) is 0 Å². The molecular weight excluding hydrogens is 314 g/mol. The molecule has 8 nitrogen and oxygen atoms in total. The van der Waals surface area contributed by atoms with Crippen LogP contribution in [0, 0.1) is 10.1 Å². The number of carbonyl (C=O) groups is 1. The van der Waals surface area contributed by atoms with Gasteiger partial charge in [0.15, 0.2) is 0 Å². The van der Waals surface area contributed by atoms with Gasteiger partial charge in [0.25, 0.3) is 5.69 Å². The number of alkyl carbamates (subject to hydrolysis) is 1. The van der Waals surface area contributed by atoms with Gasteiger partial charge in [-0.25, -0.2) is 4.79 Å². The Balaban J connectivity index is 1.93. The number of amides is 1. The number of hydrogen-bond donors (Lipinski definition) is 3. The predicted molar refractivity (Wildman–Crippen MR) is 89.2 cm³/mol. The lowest BCUT2D eigenvalue weighted by atomic mass is 10.2. The second-order valence-corrected chi connectivity index (χ2v) is 6.96. The maximum Gasteiger partial charge on any atom is 0.407 e. The first-order chi connectivity index (χ1) is 11.1. The van der Waals surface area contributed by atoms with Gasteiger partial charge in [-0.2, -0.15) is 0 Å². The van der Waals surface area contributed by atoms with Crippen LogP contribution < -0.4 is 10.6 Å². The van der Waals surface area contributed by atoms with Gasteiger partial charge in [-0.3, -0.25) is 10.1 Å². The fourth-order valence-electron chi connectivity index (χ4n) is 2.73. The quantitative estimate of drug-likeness (QED) is 0.442. The summed E-state index contributed by atoms with van der Waals surface area (Å²) in [5.41, 5.74) is -0.355. The van der Waals surface area contributed by atoms with Crippen molar-refractivity contribution in [2.24, 2.45) is 0 Å². The van der Waals surface area contributed by atoms with Gasteiger partial charge in [-0.1, -0.05) is 0 Å². The zero-order valence-corrected chi connectivity index (χ0v) is 14.0. The molecule has 1 aliphatic carbocycles. The summed E-state index contributed by atoms with van der Waals surface area (Å²) in [6.45, 7) is 5.40. The van der Waals surface area contributed by atoms with Crippen molar-refractivity contribution >= 4 is 17.5 Å². The average molecular weight is 337 g/mol. The Bertz CT molecular complexity index is 627. The van der Waals surface area contributed by atoms with Crippen molar-refractivity contribution in [1.82, 2.24) is 5.32 Å². The van der Waals surface area contributed by atoms with Crippen LogP contribution in [0.15, 0.2) is 18.2 Å². The highest BCUT2D eigenvalue weighted by Gasteiger charge is 2.29. The summed E-state index contributed by atoms with van der Waals surface area (Å²) in [7, 11) is 0. The van der Waals surface area contributed by atoms with Crippen molar-refractivity contribution in [3.05, 3.63) is 28.3 Å². The Labute approximate surface area is 140 Å². The monoisotopic (exact) mass is 337 g/mol. The van der Waals surface area contributed by atoms with Crippen LogP contribution in [0.1, 0.15) is 40.0 Å². The Hall–Kier alpha value is -2.51. The fraction of sp³-hybridized carbons (Fsp3) is 0.562.